The number of carbonyl (C=O) groups is 1. The number of hydrogen-bond acceptors (Lipinski definition) is 6. The summed E-state index contributed by atoms with van der Waals surface area (Å²) in [6.45, 7) is 4.61. The molecule has 174 valence electrons. The van der Waals surface area contributed by atoms with E-state index < -0.39 is 20.9 Å². The van der Waals surface area contributed by atoms with Crippen LogP contribution >= 0.6 is 24.0 Å². The third kappa shape index (κ3) is 6.17. The summed E-state index contributed by atoms with van der Waals surface area (Å²) in [6, 6.07) is 10.7. The van der Waals surface area contributed by atoms with Gasteiger partial charge in [0.25, 0.3) is 11.6 Å². The maximum Gasteiger partial charge on any atom is 0.288 e. The monoisotopic (exact) mass is 502 g/mol. The molecule has 3 rings (SSSR count). The first-order chi connectivity index (χ1) is 14.7. The molecule has 0 atom stereocenters. The Hall–Kier alpha value is -2.24. The second kappa shape index (κ2) is 11.1. The Morgan fingerprint density at radius 1 is 1.12 bits per heavy atom. The summed E-state index contributed by atoms with van der Waals surface area (Å²) in [7, 11) is -3.52. The van der Waals surface area contributed by atoms with Crippen molar-refractivity contribution in [3.8, 4) is 0 Å². The molecule has 0 spiro atoms. The second-order valence-corrected chi connectivity index (χ2v) is 9.58. The minimum absolute atomic E-state index is 0. The van der Waals surface area contributed by atoms with E-state index in [1.807, 2.05) is 6.92 Å². The Morgan fingerprint density at radius 2 is 1.75 bits per heavy atom. The fourth-order valence-corrected chi connectivity index (χ4v) is 4.88. The standard InChI is InChI=1S/C20H23ClN4O5S.ClH/c1-15-2-5-17(6-3-15)31(29,30)24-12-10-23(11-13-24)9-8-22-20(26)16-4-7-18(21)19(14-16)25(27)28;/h2-7,14H,8-13H2,1H3,(H,22,26);1H. The summed E-state index contributed by atoms with van der Waals surface area (Å²) in [5, 5.41) is 13.7. The van der Waals surface area contributed by atoms with Crippen LogP contribution in [0.2, 0.25) is 5.02 Å². The minimum atomic E-state index is -3.52. The number of nitro groups is 1. The van der Waals surface area contributed by atoms with Gasteiger partial charge in [-0.15, -0.1) is 12.4 Å². The predicted octanol–water partition coefficient (Wildman–Crippen LogP) is 2.71. The molecule has 0 unspecified atom stereocenters. The van der Waals surface area contributed by atoms with Crippen molar-refractivity contribution >= 4 is 45.6 Å². The minimum Gasteiger partial charge on any atom is -0.351 e. The lowest BCUT2D eigenvalue weighted by Gasteiger charge is -2.34. The smallest absolute Gasteiger partial charge is 0.288 e. The van der Waals surface area contributed by atoms with Gasteiger partial charge in [-0.3, -0.25) is 19.8 Å². The summed E-state index contributed by atoms with van der Waals surface area (Å²) in [4.78, 5) is 24.9. The quantitative estimate of drug-likeness (QED) is 0.459. The van der Waals surface area contributed by atoms with E-state index >= 15 is 0 Å². The summed E-state index contributed by atoms with van der Waals surface area (Å²) >= 11 is 5.76. The van der Waals surface area contributed by atoms with E-state index in [1.165, 1.54) is 16.4 Å². The fraction of sp³-hybridized carbons (Fsp3) is 0.350. The molecule has 2 aromatic carbocycles. The molecule has 32 heavy (non-hydrogen) atoms. The number of sulfonamides is 1. The van der Waals surface area contributed by atoms with E-state index in [9.17, 15) is 23.3 Å². The topological polar surface area (TPSA) is 113 Å². The maximum atomic E-state index is 12.8. The summed E-state index contributed by atoms with van der Waals surface area (Å²) < 4.78 is 27.0. The van der Waals surface area contributed by atoms with Crippen LogP contribution in [0.25, 0.3) is 0 Å². The van der Waals surface area contributed by atoms with Gasteiger partial charge in [0, 0.05) is 50.9 Å². The highest BCUT2D eigenvalue weighted by molar-refractivity contribution is 7.89. The molecule has 1 N–H and O–H groups in total. The highest BCUT2D eigenvalue weighted by Gasteiger charge is 2.28. The third-order valence-corrected chi connectivity index (χ3v) is 7.34. The molecule has 9 nitrogen and oxygen atoms in total. The summed E-state index contributed by atoms with van der Waals surface area (Å²) in [5.41, 5.74) is 0.837. The average molecular weight is 503 g/mol. The summed E-state index contributed by atoms with van der Waals surface area (Å²) in [5.74, 6) is -0.430. The summed E-state index contributed by atoms with van der Waals surface area (Å²) in [6.07, 6.45) is 0. The molecule has 1 amide bonds. The molecule has 0 saturated carbocycles. The number of amides is 1. The van der Waals surface area contributed by atoms with Crippen molar-refractivity contribution in [2.45, 2.75) is 11.8 Å². The highest BCUT2D eigenvalue weighted by Crippen LogP contribution is 2.25. The van der Waals surface area contributed by atoms with Gasteiger partial charge in [-0.25, -0.2) is 8.42 Å². The third-order valence-electron chi connectivity index (χ3n) is 5.11. The molecule has 0 radical (unpaired) electrons. The number of nitrogens with one attached hydrogen (secondary N) is 1. The number of nitrogens with zero attached hydrogens (tertiary/aromatic N) is 3. The van der Waals surface area contributed by atoms with Crippen LogP contribution in [0.5, 0.6) is 0 Å². The Balaban J connectivity index is 0.00000363. The van der Waals surface area contributed by atoms with Gasteiger partial charge in [0.2, 0.25) is 10.0 Å². The molecule has 1 heterocycles. The number of nitro benzene ring substituents is 1. The van der Waals surface area contributed by atoms with Crippen molar-refractivity contribution < 1.29 is 18.1 Å². The molecule has 0 aliphatic carbocycles. The maximum absolute atomic E-state index is 12.8. The molecule has 1 aliphatic heterocycles. The first-order valence-corrected chi connectivity index (χ1v) is 11.5. The Labute approximate surface area is 198 Å². The molecule has 0 bridgehead atoms. The zero-order valence-corrected chi connectivity index (χ0v) is 19.8. The number of piperazine rings is 1. The lowest BCUT2D eigenvalue weighted by atomic mass is 10.2. The molecule has 2 aromatic rings. The molecule has 1 fully saturated rings. The fourth-order valence-electron chi connectivity index (χ4n) is 3.28. The average Bonchev–Trinajstić information content (AvgIpc) is 2.74. The predicted molar refractivity (Wildman–Crippen MR) is 124 cm³/mol. The van der Waals surface area contributed by atoms with Gasteiger partial charge in [-0.05, 0) is 31.2 Å². The zero-order chi connectivity index (χ0) is 22.6. The van der Waals surface area contributed by atoms with Crippen LogP contribution in [0.3, 0.4) is 0 Å². The first-order valence-electron chi connectivity index (χ1n) is 9.70. The van der Waals surface area contributed by atoms with Gasteiger partial charge in [0.05, 0.1) is 9.82 Å². The van der Waals surface area contributed by atoms with Gasteiger partial charge in [0.15, 0.2) is 0 Å². The van der Waals surface area contributed by atoms with E-state index in [0.29, 0.717) is 39.3 Å². The Bertz CT molecular complexity index is 1070. The highest BCUT2D eigenvalue weighted by atomic mass is 35.5. The van der Waals surface area contributed by atoms with Crippen LogP contribution in [0, 0.1) is 17.0 Å². The van der Waals surface area contributed by atoms with Crippen LogP contribution in [0.1, 0.15) is 15.9 Å². The van der Waals surface area contributed by atoms with Crippen LogP contribution in [-0.4, -0.2) is 67.7 Å². The van der Waals surface area contributed by atoms with Crippen molar-refractivity contribution in [2.24, 2.45) is 0 Å². The van der Waals surface area contributed by atoms with E-state index in [2.05, 4.69) is 10.2 Å². The molecule has 1 saturated heterocycles. The number of aryl methyl sites for hydroxylation is 1. The largest absolute Gasteiger partial charge is 0.351 e. The molecule has 1 aliphatic rings. The van der Waals surface area contributed by atoms with Crippen molar-refractivity contribution in [1.29, 1.82) is 0 Å². The van der Waals surface area contributed by atoms with Crippen LogP contribution in [0.15, 0.2) is 47.4 Å². The number of halogens is 2. The number of benzene rings is 2. The van der Waals surface area contributed by atoms with Crippen LogP contribution < -0.4 is 5.32 Å². The van der Waals surface area contributed by atoms with E-state index in [0.717, 1.165) is 11.6 Å². The molecule has 12 heteroatoms. The van der Waals surface area contributed by atoms with Crippen molar-refractivity contribution in [3.63, 3.8) is 0 Å². The normalized spacial score (nSPS) is 15.1. The zero-order valence-electron chi connectivity index (χ0n) is 17.4. The van der Waals surface area contributed by atoms with Crippen LogP contribution in [0.4, 0.5) is 5.69 Å². The lowest BCUT2D eigenvalue weighted by Crippen LogP contribution is -2.50. The van der Waals surface area contributed by atoms with Gasteiger partial charge >= 0.3 is 0 Å². The van der Waals surface area contributed by atoms with Gasteiger partial charge in [0.1, 0.15) is 5.02 Å². The van der Waals surface area contributed by atoms with Gasteiger partial charge in [-0.1, -0.05) is 29.3 Å². The number of carbonyl (C=O) groups excluding carboxylic acids is 1. The van der Waals surface area contributed by atoms with E-state index in [1.54, 1.807) is 24.3 Å². The number of rotatable bonds is 7. The lowest BCUT2D eigenvalue weighted by molar-refractivity contribution is -0.384. The SMILES string of the molecule is Cc1ccc(S(=O)(=O)N2CCN(CCNC(=O)c3ccc(Cl)c([N+](=O)[O-])c3)CC2)cc1.Cl. The van der Waals surface area contributed by atoms with Crippen LogP contribution in [-0.2, 0) is 10.0 Å². The first kappa shape index (κ1) is 26.0. The molecular weight excluding hydrogens is 479 g/mol. The second-order valence-electron chi connectivity index (χ2n) is 7.24. The number of hydrogen-bond donors (Lipinski definition) is 1. The van der Waals surface area contributed by atoms with E-state index in [4.69, 9.17) is 11.6 Å². The van der Waals surface area contributed by atoms with Crippen molar-refractivity contribution in [3.05, 3.63) is 68.7 Å². The van der Waals surface area contributed by atoms with Gasteiger partial charge in [-0.2, -0.15) is 4.31 Å². The van der Waals surface area contributed by atoms with Gasteiger partial charge < -0.3 is 5.32 Å². The molecule has 0 aromatic heterocycles. The Kier molecular flexibility index (Phi) is 8.99. The van der Waals surface area contributed by atoms with E-state index in [-0.39, 0.29) is 33.6 Å². The van der Waals surface area contributed by atoms with Crippen molar-refractivity contribution in [2.75, 3.05) is 39.3 Å². The Morgan fingerprint density at radius 3 is 2.34 bits per heavy atom. The van der Waals surface area contributed by atoms with Crippen molar-refractivity contribution in [1.82, 2.24) is 14.5 Å². The molecular formula is C20H24Cl2N4O5S.